The molecule has 192 valence electrons. The minimum absolute atomic E-state index is 0.000155. The van der Waals surface area contributed by atoms with Crippen LogP contribution in [0, 0.1) is 5.92 Å². The molecule has 0 spiro atoms. The summed E-state index contributed by atoms with van der Waals surface area (Å²) >= 11 is 0. The molecule has 1 aromatic carbocycles. The SMILES string of the molecule is CC(Oc1ccc(S(C)(=O)=O)cc1C(=O)N1CC2CC2(c2nc(C(F)(F)F)n(C)n2)C1)C(C)(F)F. The molecule has 0 bridgehead atoms. The lowest BCUT2D eigenvalue weighted by Crippen LogP contribution is -2.35. The zero-order valence-corrected chi connectivity index (χ0v) is 20.0. The van der Waals surface area contributed by atoms with E-state index in [-0.39, 0.29) is 41.0 Å². The van der Waals surface area contributed by atoms with Gasteiger partial charge in [0.25, 0.3) is 11.8 Å². The van der Waals surface area contributed by atoms with Gasteiger partial charge >= 0.3 is 6.18 Å². The minimum atomic E-state index is -4.69. The molecule has 1 saturated carbocycles. The van der Waals surface area contributed by atoms with Crippen molar-refractivity contribution in [2.75, 3.05) is 19.3 Å². The number of nitrogens with zero attached hydrogens (tertiary/aromatic N) is 4. The van der Waals surface area contributed by atoms with E-state index in [1.807, 2.05) is 0 Å². The summed E-state index contributed by atoms with van der Waals surface area (Å²) in [6.07, 6.45) is -4.88. The number of sulfone groups is 1. The number of fused-ring (bicyclic) bond motifs is 1. The minimum Gasteiger partial charge on any atom is -0.484 e. The van der Waals surface area contributed by atoms with Gasteiger partial charge in [0.05, 0.1) is 15.9 Å². The van der Waals surface area contributed by atoms with Crippen molar-refractivity contribution in [3.05, 3.63) is 35.4 Å². The number of piperidine rings is 1. The monoisotopic (exact) mass is 522 g/mol. The zero-order valence-electron chi connectivity index (χ0n) is 19.2. The van der Waals surface area contributed by atoms with Crippen molar-refractivity contribution >= 4 is 15.7 Å². The second kappa shape index (κ2) is 7.87. The van der Waals surface area contributed by atoms with Crippen molar-refractivity contribution in [2.24, 2.45) is 13.0 Å². The first-order chi connectivity index (χ1) is 15.9. The molecule has 2 aromatic rings. The Balaban J connectivity index is 1.65. The second-order valence-electron chi connectivity index (χ2n) is 9.27. The van der Waals surface area contributed by atoms with Gasteiger partial charge in [0.2, 0.25) is 5.82 Å². The summed E-state index contributed by atoms with van der Waals surface area (Å²) in [7, 11) is -2.60. The first-order valence-electron chi connectivity index (χ1n) is 10.6. The number of halogens is 5. The molecule has 0 radical (unpaired) electrons. The topological polar surface area (TPSA) is 94.4 Å². The average molecular weight is 522 g/mol. The number of hydrogen-bond donors (Lipinski definition) is 0. The van der Waals surface area contributed by atoms with E-state index in [4.69, 9.17) is 4.74 Å². The van der Waals surface area contributed by atoms with Crippen molar-refractivity contribution in [2.45, 2.75) is 48.8 Å². The molecule has 14 heteroatoms. The molecule has 1 amide bonds. The van der Waals surface area contributed by atoms with Gasteiger partial charge in [-0.2, -0.15) is 18.3 Å². The number of carbonyl (C=O) groups is 1. The highest BCUT2D eigenvalue weighted by Crippen LogP contribution is 2.58. The van der Waals surface area contributed by atoms with Gasteiger partial charge in [0, 0.05) is 33.3 Å². The van der Waals surface area contributed by atoms with Crippen molar-refractivity contribution in [3.63, 3.8) is 0 Å². The standard InChI is InChI=1S/C21H23F5N4O4S/c1-11(19(2,22)23)34-15-6-5-13(35(4,32)33)7-14(15)16(31)30-9-12-8-20(12,10-30)17-27-18(21(24,25)26)29(3)28-17/h5-7,11-12H,8-10H2,1-4H3. The summed E-state index contributed by atoms with van der Waals surface area (Å²) in [6, 6.07) is 3.36. The van der Waals surface area contributed by atoms with E-state index in [9.17, 15) is 35.2 Å². The summed E-state index contributed by atoms with van der Waals surface area (Å²) in [6.45, 7) is 1.93. The molecule has 1 saturated heterocycles. The number of hydrogen-bond acceptors (Lipinski definition) is 6. The van der Waals surface area contributed by atoms with Gasteiger partial charge in [-0.1, -0.05) is 0 Å². The van der Waals surface area contributed by atoms with E-state index in [0.29, 0.717) is 18.0 Å². The lowest BCUT2D eigenvalue weighted by molar-refractivity contribution is -0.147. The van der Waals surface area contributed by atoms with E-state index >= 15 is 0 Å². The van der Waals surface area contributed by atoms with E-state index in [1.54, 1.807) is 0 Å². The van der Waals surface area contributed by atoms with Crippen LogP contribution in [0.3, 0.4) is 0 Å². The zero-order chi connectivity index (χ0) is 26.1. The fourth-order valence-electron chi connectivity index (χ4n) is 4.30. The molecule has 1 aromatic heterocycles. The summed E-state index contributed by atoms with van der Waals surface area (Å²) in [5.74, 6) is -5.50. The molecule has 1 aliphatic carbocycles. The largest absolute Gasteiger partial charge is 0.484 e. The van der Waals surface area contributed by atoms with Crippen molar-refractivity contribution < 1.29 is 39.9 Å². The van der Waals surface area contributed by atoms with Crippen LogP contribution in [0.1, 0.15) is 42.3 Å². The van der Waals surface area contributed by atoms with Gasteiger partial charge in [-0.25, -0.2) is 26.9 Å². The number of aryl methyl sites for hydroxylation is 1. The Kier molecular flexibility index (Phi) is 5.69. The molecule has 0 N–H and O–H groups in total. The van der Waals surface area contributed by atoms with E-state index < -0.39 is 45.2 Å². The van der Waals surface area contributed by atoms with E-state index in [1.165, 1.54) is 4.90 Å². The first kappa shape index (κ1) is 25.3. The van der Waals surface area contributed by atoms with Crippen LogP contribution in [0.15, 0.2) is 23.1 Å². The Morgan fingerprint density at radius 2 is 1.91 bits per heavy atom. The number of alkyl halides is 5. The lowest BCUT2D eigenvalue weighted by Gasteiger charge is -2.25. The van der Waals surface area contributed by atoms with Crippen LogP contribution >= 0.6 is 0 Å². The van der Waals surface area contributed by atoms with Gasteiger partial charge in [-0.15, -0.1) is 0 Å². The molecule has 2 fully saturated rings. The summed E-state index contributed by atoms with van der Waals surface area (Å²) in [4.78, 5) is 18.2. The molecule has 1 aliphatic heterocycles. The second-order valence-corrected chi connectivity index (χ2v) is 11.3. The van der Waals surface area contributed by atoms with Crippen molar-refractivity contribution in [1.82, 2.24) is 19.7 Å². The Bertz CT molecular complexity index is 1290. The van der Waals surface area contributed by atoms with Crippen molar-refractivity contribution in [3.8, 4) is 5.75 Å². The summed E-state index contributed by atoms with van der Waals surface area (Å²) in [5, 5.41) is 3.93. The molecule has 2 heterocycles. The Labute approximate surface area is 198 Å². The third-order valence-corrected chi connectivity index (χ3v) is 7.63. The third kappa shape index (κ3) is 4.59. The van der Waals surface area contributed by atoms with Gasteiger partial charge < -0.3 is 9.64 Å². The van der Waals surface area contributed by atoms with Gasteiger partial charge in [-0.05, 0) is 37.5 Å². The number of rotatable bonds is 6. The normalized spacial score (nSPS) is 23.2. The van der Waals surface area contributed by atoms with Gasteiger partial charge in [0.1, 0.15) is 5.75 Å². The highest BCUT2D eigenvalue weighted by atomic mass is 32.2. The van der Waals surface area contributed by atoms with Crippen LogP contribution in [-0.4, -0.2) is 65.4 Å². The molecule has 8 nitrogen and oxygen atoms in total. The van der Waals surface area contributed by atoms with Crippen molar-refractivity contribution in [1.29, 1.82) is 0 Å². The molecule has 2 aliphatic rings. The van der Waals surface area contributed by atoms with Crippen LogP contribution in [0.2, 0.25) is 0 Å². The maximum absolute atomic E-state index is 13.7. The fraction of sp³-hybridized carbons (Fsp3) is 0.571. The number of ether oxygens (including phenoxy) is 1. The van der Waals surface area contributed by atoms with Crippen LogP contribution in [0.25, 0.3) is 0 Å². The highest BCUT2D eigenvalue weighted by Gasteiger charge is 2.65. The van der Waals surface area contributed by atoms with Gasteiger partial charge in [-0.3, -0.25) is 4.79 Å². The van der Waals surface area contributed by atoms with E-state index in [0.717, 1.165) is 38.4 Å². The van der Waals surface area contributed by atoms with Crippen LogP contribution in [0.4, 0.5) is 22.0 Å². The smallest absolute Gasteiger partial charge is 0.451 e. The number of benzene rings is 1. The molecule has 3 unspecified atom stereocenters. The fourth-order valence-corrected chi connectivity index (χ4v) is 4.95. The predicted molar refractivity (Wildman–Crippen MR) is 112 cm³/mol. The van der Waals surface area contributed by atoms with Crippen LogP contribution < -0.4 is 4.74 Å². The molecule has 35 heavy (non-hydrogen) atoms. The molecule has 3 atom stereocenters. The maximum Gasteiger partial charge on any atom is 0.451 e. The van der Waals surface area contributed by atoms with E-state index in [2.05, 4.69) is 10.1 Å². The Morgan fingerprint density at radius 1 is 1.26 bits per heavy atom. The number of carbonyl (C=O) groups excluding carboxylic acids is 1. The number of likely N-dealkylation sites (tertiary alicyclic amines) is 1. The van der Waals surface area contributed by atoms with Crippen LogP contribution in [0.5, 0.6) is 5.75 Å². The summed E-state index contributed by atoms with van der Waals surface area (Å²) < 4.78 is 97.0. The molecular weight excluding hydrogens is 499 g/mol. The lowest BCUT2D eigenvalue weighted by atomic mass is 10.1. The van der Waals surface area contributed by atoms with Crippen LogP contribution in [-0.2, 0) is 28.5 Å². The Hall–Kier alpha value is -2.77. The highest BCUT2D eigenvalue weighted by molar-refractivity contribution is 7.90. The third-order valence-electron chi connectivity index (χ3n) is 6.52. The average Bonchev–Trinajstić information content (AvgIpc) is 3.06. The first-order valence-corrected chi connectivity index (χ1v) is 12.5. The predicted octanol–water partition coefficient (Wildman–Crippen LogP) is 3.07. The molecular formula is C21H23F5N4O4S. The number of amides is 1. The Morgan fingerprint density at radius 3 is 2.46 bits per heavy atom. The van der Waals surface area contributed by atoms with Gasteiger partial charge in [0.15, 0.2) is 21.8 Å². The molecule has 4 rings (SSSR count). The number of aromatic nitrogens is 3. The quantitative estimate of drug-likeness (QED) is 0.542. The maximum atomic E-state index is 13.7. The summed E-state index contributed by atoms with van der Waals surface area (Å²) in [5.41, 5.74) is -1.08.